The van der Waals surface area contributed by atoms with Crippen LogP contribution in [0, 0.1) is 0 Å². The van der Waals surface area contributed by atoms with E-state index in [9.17, 15) is 0 Å². The first-order chi connectivity index (χ1) is 10.9. The molecule has 0 atom stereocenters. The highest BCUT2D eigenvalue weighted by molar-refractivity contribution is 7.08. The van der Waals surface area contributed by atoms with Crippen LogP contribution in [-0.2, 0) is 0 Å². The molecule has 104 valence electrons. The van der Waals surface area contributed by atoms with Crippen molar-refractivity contribution >= 4 is 43.9 Å². The van der Waals surface area contributed by atoms with Crippen molar-refractivity contribution in [3.8, 4) is 11.1 Å². The lowest BCUT2D eigenvalue weighted by atomic mass is 9.97. The molecule has 0 saturated carbocycles. The van der Waals surface area contributed by atoms with Gasteiger partial charge in [-0.2, -0.15) is 11.3 Å². The van der Waals surface area contributed by atoms with Gasteiger partial charge < -0.3 is 4.98 Å². The second kappa shape index (κ2) is 4.46. The van der Waals surface area contributed by atoms with E-state index in [0.29, 0.717) is 0 Å². The molecule has 1 nitrogen and oxygen atoms in total. The predicted molar refractivity (Wildman–Crippen MR) is 96.6 cm³/mol. The number of hydrogen-bond donors (Lipinski definition) is 1. The monoisotopic (exact) mass is 299 g/mol. The first kappa shape index (κ1) is 12.0. The topological polar surface area (TPSA) is 15.8 Å². The van der Waals surface area contributed by atoms with Gasteiger partial charge in [0.1, 0.15) is 0 Å². The molecule has 0 saturated heterocycles. The highest BCUT2D eigenvalue weighted by Crippen LogP contribution is 2.39. The van der Waals surface area contributed by atoms with Crippen LogP contribution in [0.2, 0.25) is 0 Å². The Balaban J connectivity index is 2.09. The van der Waals surface area contributed by atoms with Crippen molar-refractivity contribution in [2.75, 3.05) is 0 Å². The Kier molecular flexibility index (Phi) is 2.43. The summed E-state index contributed by atoms with van der Waals surface area (Å²) in [6.45, 7) is 0. The Labute approximate surface area is 131 Å². The number of thiophene rings is 1. The molecule has 0 unspecified atom stereocenters. The van der Waals surface area contributed by atoms with Gasteiger partial charge in [-0.3, -0.25) is 0 Å². The van der Waals surface area contributed by atoms with Crippen LogP contribution < -0.4 is 0 Å². The lowest BCUT2D eigenvalue weighted by molar-refractivity contribution is 1.56. The summed E-state index contributed by atoms with van der Waals surface area (Å²) in [7, 11) is 0. The highest BCUT2D eigenvalue weighted by Gasteiger charge is 2.13. The Morgan fingerprint density at radius 3 is 2.50 bits per heavy atom. The van der Waals surface area contributed by atoms with Crippen molar-refractivity contribution in [3.63, 3.8) is 0 Å². The van der Waals surface area contributed by atoms with E-state index in [1.165, 1.54) is 43.7 Å². The van der Waals surface area contributed by atoms with E-state index in [-0.39, 0.29) is 0 Å². The van der Waals surface area contributed by atoms with E-state index in [1.54, 1.807) is 11.3 Å². The molecule has 2 heterocycles. The Morgan fingerprint density at radius 2 is 1.64 bits per heavy atom. The number of aromatic nitrogens is 1. The van der Waals surface area contributed by atoms with Gasteiger partial charge in [-0.1, -0.05) is 42.5 Å². The van der Waals surface area contributed by atoms with Crippen LogP contribution >= 0.6 is 11.3 Å². The number of hydrogen-bond acceptors (Lipinski definition) is 1. The predicted octanol–water partition coefficient (Wildman–Crippen LogP) is 6.20. The van der Waals surface area contributed by atoms with Crippen LogP contribution in [0.4, 0.5) is 0 Å². The van der Waals surface area contributed by atoms with Gasteiger partial charge in [-0.25, -0.2) is 0 Å². The maximum Gasteiger partial charge on any atom is 0.0550 e. The van der Waals surface area contributed by atoms with Gasteiger partial charge in [-0.05, 0) is 45.5 Å². The molecule has 0 fully saturated rings. The normalized spacial score (nSPS) is 11.6. The average molecular weight is 299 g/mol. The van der Waals surface area contributed by atoms with E-state index in [4.69, 9.17) is 0 Å². The Hall–Kier alpha value is -2.58. The lowest BCUT2D eigenvalue weighted by Gasteiger charge is -2.06. The Morgan fingerprint density at radius 1 is 0.818 bits per heavy atom. The number of para-hydroxylation sites is 1. The van der Waals surface area contributed by atoms with Gasteiger partial charge in [0.2, 0.25) is 0 Å². The van der Waals surface area contributed by atoms with Crippen molar-refractivity contribution < 1.29 is 0 Å². The van der Waals surface area contributed by atoms with Crippen LogP contribution in [0.1, 0.15) is 0 Å². The molecule has 0 aliphatic carbocycles. The molecule has 2 aromatic heterocycles. The zero-order valence-corrected chi connectivity index (χ0v) is 12.7. The Bertz CT molecular complexity index is 1120. The second-order valence-electron chi connectivity index (χ2n) is 5.58. The number of aromatic amines is 1. The van der Waals surface area contributed by atoms with E-state index in [1.807, 2.05) is 0 Å². The van der Waals surface area contributed by atoms with Crippen LogP contribution in [-0.4, -0.2) is 4.98 Å². The number of H-pyrrole nitrogens is 1. The molecule has 0 bridgehead atoms. The minimum absolute atomic E-state index is 1.20. The number of nitrogens with one attached hydrogen (secondary N) is 1. The molecule has 0 spiro atoms. The highest BCUT2D eigenvalue weighted by atomic mass is 32.1. The summed E-state index contributed by atoms with van der Waals surface area (Å²) < 4.78 is 0. The summed E-state index contributed by atoms with van der Waals surface area (Å²) in [6, 6.07) is 21.7. The minimum Gasteiger partial charge on any atom is -0.354 e. The van der Waals surface area contributed by atoms with Gasteiger partial charge in [0.15, 0.2) is 0 Å². The van der Waals surface area contributed by atoms with Gasteiger partial charge >= 0.3 is 0 Å². The first-order valence-electron chi connectivity index (χ1n) is 7.36. The molecular formula is C20H13NS. The van der Waals surface area contributed by atoms with Crippen LogP contribution in [0.15, 0.2) is 71.4 Å². The molecule has 1 N–H and O–H groups in total. The standard InChI is InChI=1S/C20H13NS/c1-2-6-15-13(5-1)11-17(14-9-10-22-12-14)19-16-7-3-4-8-18(16)21-20(15)19/h1-12,21H. The maximum absolute atomic E-state index is 3.63. The largest absolute Gasteiger partial charge is 0.354 e. The fourth-order valence-electron chi connectivity index (χ4n) is 3.35. The number of benzene rings is 3. The summed E-state index contributed by atoms with van der Waals surface area (Å²) in [5.41, 5.74) is 5.05. The van der Waals surface area contributed by atoms with Crippen molar-refractivity contribution in [1.82, 2.24) is 4.98 Å². The SMILES string of the molecule is c1ccc2c(c1)cc(-c1ccsc1)c1c3ccccc3[nH]c21. The van der Waals surface area contributed by atoms with E-state index in [2.05, 4.69) is 76.4 Å². The number of fused-ring (bicyclic) bond motifs is 5. The molecule has 0 amide bonds. The summed E-state index contributed by atoms with van der Waals surface area (Å²) >= 11 is 1.75. The van der Waals surface area contributed by atoms with E-state index in [0.717, 1.165) is 0 Å². The molecule has 0 aliphatic heterocycles. The third kappa shape index (κ3) is 1.59. The van der Waals surface area contributed by atoms with Gasteiger partial charge in [0.05, 0.1) is 5.52 Å². The van der Waals surface area contributed by atoms with Crippen LogP contribution in [0.25, 0.3) is 43.7 Å². The molecule has 22 heavy (non-hydrogen) atoms. The fraction of sp³-hybridized carbons (Fsp3) is 0. The zero-order valence-electron chi connectivity index (χ0n) is 11.8. The smallest absolute Gasteiger partial charge is 0.0550 e. The van der Waals surface area contributed by atoms with Gasteiger partial charge in [0, 0.05) is 21.7 Å². The second-order valence-corrected chi connectivity index (χ2v) is 6.36. The molecule has 2 heteroatoms. The van der Waals surface area contributed by atoms with Crippen LogP contribution in [0.3, 0.4) is 0 Å². The zero-order chi connectivity index (χ0) is 14.5. The van der Waals surface area contributed by atoms with E-state index < -0.39 is 0 Å². The minimum atomic E-state index is 1.20. The third-order valence-electron chi connectivity index (χ3n) is 4.34. The van der Waals surface area contributed by atoms with Crippen molar-refractivity contribution in [3.05, 3.63) is 71.4 Å². The van der Waals surface area contributed by atoms with Gasteiger partial charge in [-0.15, -0.1) is 0 Å². The molecule has 0 radical (unpaired) electrons. The molecule has 5 aromatic rings. The van der Waals surface area contributed by atoms with Crippen molar-refractivity contribution in [1.29, 1.82) is 0 Å². The molecule has 3 aromatic carbocycles. The molecule has 0 aliphatic rings. The first-order valence-corrected chi connectivity index (χ1v) is 8.31. The molecule has 5 rings (SSSR count). The fourth-order valence-corrected chi connectivity index (χ4v) is 4.00. The quantitative estimate of drug-likeness (QED) is 0.379. The maximum atomic E-state index is 3.63. The third-order valence-corrected chi connectivity index (χ3v) is 5.02. The van der Waals surface area contributed by atoms with E-state index >= 15 is 0 Å². The summed E-state index contributed by atoms with van der Waals surface area (Å²) in [5.74, 6) is 0. The number of rotatable bonds is 1. The summed E-state index contributed by atoms with van der Waals surface area (Å²) in [4.78, 5) is 3.63. The van der Waals surface area contributed by atoms with Gasteiger partial charge in [0.25, 0.3) is 0 Å². The van der Waals surface area contributed by atoms with Crippen LogP contribution in [0.5, 0.6) is 0 Å². The lowest BCUT2D eigenvalue weighted by Crippen LogP contribution is -1.81. The van der Waals surface area contributed by atoms with Crippen molar-refractivity contribution in [2.45, 2.75) is 0 Å². The molecular weight excluding hydrogens is 286 g/mol. The summed E-state index contributed by atoms with van der Waals surface area (Å²) in [6.07, 6.45) is 0. The average Bonchev–Trinajstić information content (AvgIpc) is 3.22. The summed E-state index contributed by atoms with van der Waals surface area (Å²) in [5, 5.41) is 9.56. The van der Waals surface area contributed by atoms with Crippen molar-refractivity contribution in [2.24, 2.45) is 0 Å².